The minimum Gasteiger partial charge on any atom is -0.494 e. The second-order valence-electron chi connectivity index (χ2n) is 6.46. The summed E-state index contributed by atoms with van der Waals surface area (Å²) in [5.41, 5.74) is 1.52. The molecule has 3 aromatic carbocycles. The van der Waals surface area contributed by atoms with E-state index < -0.39 is 16.6 Å². The van der Waals surface area contributed by atoms with Crippen LogP contribution in [0.3, 0.4) is 0 Å². The zero-order chi connectivity index (χ0) is 21.8. The molecule has 0 radical (unpaired) electrons. The van der Waals surface area contributed by atoms with Gasteiger partial charge in [0.2, 0.25) is 9.84 Å². The third-order valence-electron chi connectivity index (χ3n) is 4.64. The van der Waals surface area contributed by atoms with Gasteiger partial charge in [0.15, 0.2) is 6.79 Å². The molecule has 0 aliphatic heterocycles. The van der Waals surface area contributed by atoms with E-state index in [9.17, 15) is 8.42 Å². The quantitative estimate of drug-likeness (QED) is 0.443. The fourth-order valence-electron chi connectivity index (χ4n) is 3.15. The van der Waals surface area contributed by atoms with Crippen molar-refractivity contribution in [1.29, 1.82) is 0 Å². The Morgan fingerprint density at radius 3 is 2.42 bits per heavy atom. The van der Waals surface area contributed by atoms with Crippen molar-refractivity contribution in [2.45, 2.75) is 9.79 Å². The molecular formula is C22H19N3O5S. The molecule has 9 heteroatoms. The van der Waals surface area contributed by atoms with Crippen LogP contribution in [-0.2, 0) is 9.84 Å². The fourth-order valence-corrected chi connectivity index (χ4v) is 4.62. The second kappa shape index (κ2) is 8.58. The van der Waals surface area contributed by atoms with E-state index in [0.29, 0.717) is 28.4 Å². The lowest BCUT2D eigenvalue weighted by molar-refractivity contribution is 0.0985. The average Bonchev–Trinajstić information content (AvgIpc) is 3.30. The van der Waals surface area contributed by atoms with E-state index in [2.05, 4.69) is 10.3 Å². The molecule has 0 aliphatic rings. The summed E-state index contributed by atoms with van der Waals surface area (Å²) in [6, 6.07) is 19.8. The lowest BCUT2D eigenvalue weighted by Crippen LogP contribution is -2.04. The molecular weight excluding hydrogens is 418 g/mol. The number of aliphatic hydroxyl groups excluding tert-OH is 1. The van der Waals surface area contributed by atoms with Crippen LogP contribution in [0.25, 0.3) is 16.9 Å². The Labute approximate surface area is 179 Å². The van der Waals surface area contributed by atoms with E-state index in [-0.39, 0.29) is 9.79 Å². The maximum Gasteiger partial charge on any atom is 0.207 e. The topological polar surface area (TPSA) is 104 Å². The number of nitrogens with zero attached hydrogens (tertiary/aromatic N) is 3. The Kier molecular flexibility index (Phi) is 5.70. The molecule has 4 rings (SSSR count). The van der Waals surface area contributed by atoms with Gasteiger partial charge in [0, 0.05) is 5.56 Å². The second-order valence-corrected chi connectivity index (χ2v) is 8.38. The number of hydrogen-bond acceptors (Lipinski definition) is 7. The number of rotatable bonds is 7. The van der Waals surface area contributed by atoms with Gasteiger partial charge in [0.1, 0.15) is 22.9 Å². The smallest absolute Gasteiger partial charge is 0.207 e. The van der Waals surface area contributed by atoms with Crippen LogP contribution in [0, 0.1) is 0 Å². The van der Waals surface area contributed by atoms with Crippen molar-refractivity contribution in [2.75, 3.05) is 13.9 Å². The van der Waals surface area contributed by atoms with Gasteiger partial charge < -0.3 is 14.6 Å². The van der Waals surface area contributed by atoms with E-state index in [0.717, 1.165) is 0 Å². The summed E-state index contributed by atoms with van der Waals surface area (Å²) < 4.78 is 38.5. The molecule has 0 fully saturated rings. The van der Waals surface area contributed by atoms with Crippen molar-refractivity contribution in [1.82, 2.24) is 15.0 Å². The van der Waals surface area contributed by atoms with E-state index in [1.54, 1.807) is 42.3 Å². The first-order valence-electron chi connectivity index (χ1n) is 9.28. The monoisotopic (exact) mass is 437 g/mol. The molecule has 158 valence electrons. The van der Waals surface area contributed by atoms with Crippen molar-refractivity contribution >= 4 is 9.84 Å². The number of aliphatic hydroxyl groups is 1. The lowest BCUT2D eigenvalue weighted by atomic mass is 10.2. The van der Waals surface area contributed by atoms with Crippen molar-refractivity contribution in [3.63, 3.8) is 0 Å². The van der Waals surface area contributed by atoms with Crippen molar-refractivity contribution in [2.24, 2.45) is 0 Å². The van der Waals surface area contributed by atoms with Gasteiger partial charge in [0.25, 0.3) is 0 Å². The first-order valence-corrected chi connectivity index (χ1v) is 10.8. The molecule has 1 heterocycles. The molecule has 0 amide bonds. The van der Waals surface area contributed by atoms with Gasteiger partial charge in [-0.2, -0.15) is 0 Å². The summed E-state index contributed by atoms with van der Waals surface area (Å²) in [5, 5.41) is 17.2. The SMILES string of the molecule is COc1ccccc1-n1cc(-c2ccccc2S(=O)(=O)c2ccc(OCO)cc2)nn1. The zero-order valence-electron chi connectivity index (χ0n) is 16.5. The molecule has 1 aromatic heterocycles. The van der Waals surface area contributed by atoms with Gasteiger partial charge in [-0.25, -0.2) is 13.1 Å². The fraction of sp³-hybridized carbons (Fsp3) is 0.0909. The maximum absolute atomic E-state index is 13.3. The molecule has 8 nitrogen and oxygen atoms in total. The number of sulfone groups is 1. The number of aromatic nitrogens is 3. The first kappa shape index (κ1) is 20.6. The van der Waals surface area contributed by atoms with Gasteiger partial charge in [-0.05, 0) is 42.5 Å². The molecule has 0 unspecified atom stereocenters. The summed E-state index contributed by atoms with van der Waals surface area (Å²) >= 11 is 0. The van der Waals surface area contributed by atoms with Gasteiger partial charge in [-0.1, -0.05) is 35.5 Å². The third kappa shape index (κ3) is 4.00. The third-order valence-corrected chi connectivity index (χ3v) is 6.47. The molecule has 1 N–H and O–H groups in total. The lowest BCUT2D eigenvalue weighted by Gasteiger charge is -2.10. The highest BCUT2D eigenvalue weighted by molar-refractivity contribution is 7.91. The summed E-state index contributed by atoms with van der Waals surface area (Å²) in [4.78, 5) is 0.209. The molecule has 31 heavy (non-hydrogen) atoms. The standard InChI is InChI=1S/C22H19N3O5S/c1-29-21-8-4-3-7-20(21)25-14-19(23-24-25)18-6-2-5-9-22(18)31(27,28)17-12-10-16(11-13-17)30-15-26/h2-14,26H,15H2,1H3. The van der Waals surface area contributed by atoms with Crippen molar-refractivity contribution in [3.05, 3.63) is 79.0 Å². The maximum atomic E-state index is 13.3. The Morgan fingerprint density at radius 2 is 1.68 bits per heavy atom. The molecule has 0 spiro atoms. The summed E-state index contributed by atoms with van der Waals surface area (Å²) in [6.45, 7) is -0.489. The van der Waals surface area contributed by atoms with Crippen molar-refractivity contribution in [3.8, 4) is 28.4 Å². The van der Waals surface area contributed by atoms with Gasteiger partial charge in [0.05, 0.1) is 23.1 Å². The normalized spacial score (nSPS) is 11.3. The van der Waals surface area contributed by atoms with Crippen LogP contribution in [-0.4, -0.2) is 42.4 Å². The van der Waals surface area contributed by atoms with Crippen LogP contribution in [0.15, 0.2) is 88.8 Å². The first-order chi connectivity index (χ1) is 15.0. The predicted octanol–water partition coefficient (Wildman–Crippen LogP) is 3.10. The van der Waals surface area contributed by atoms with Gasteiger partial charge in [-0.15, -0.1) is 5.10 Å². The van der Waals surface area contributed by atoms with Gasteiger partial charge >= 0.3 is 0 Å². The highest BCUT2D eigenvalue weighted by Crippen LogP contribution is 2.32. The minimum absolute atomic E-state index is 0.0994. The van der Waals surface area contributed by atoms with E-state index in [4.69, 9.17) is 14.6 Å². The van der Waals surface area contributed by atoms with Crippen LogP contribution in [0.2, 0.25) is 0 Å². The van der Waals surface area contributed by atoms with Crippen LogP contribution in [0.4, 0.5) is 0 Å². The zero-order valence-corrected chi connectivity index (χ0v) is 17.4. The molecule has 0 atom stereocenters. The summed E-state index contributed by atoms with van der Waals surface area (Å²) in [7, 11) is -2.27. The van der Waals surface area contributed by atoms with E-state index >= 15 is 0 Å². The number of methoxy groups -OCH3 is 1. The molecule has 0 bridgehead atoms. The molecule has 0 saturated heterocycles. The van der Waals surface area contributed by atoms with E-state index in [1.807, 2.05) is 18.2 Å². The number of para-hydroxylation sites is 2. The molecule has 4 aromatic rings. The predicted molar refractivity (Wildman–Crippen MR) is 113 cm³/mol. The Hall–Kier alpha value is -3.69. The number of ether oxygens (including phenoxy) is 2. The van der Waals surface area contributed by atoms with Crippen LogP contribution < -0.4 is 9.47 Å². The molecule has 0 aliphatic carbocycles. The largest absolute Gasteiger partial charge is 0.494 e. The highest BCUT2D eigenvalue weighted by atomic mass is 32.2. The highest BCUT2D eigenvalue weighted by Gasteiger charge is 2.23. The Bertz CT molecular complexity index is 1300. The average molecular weight is 437 g/mol. The van der Waals surface area contributed by atoms with Crippen LogP contribution in [0.1, 0.15) is 0 Å². The van der Waals surface area contributed by atoms with Crippen LogP contribution in [0.5, 0.6) is 11.5 Å². The number of benzene rings is 3. The molecule has 0 saturated carbocycles. The summed E-state index contributed by atoms with van der Waals surface area (Å²) in [5.74, 6) is 0.986. The number of hydrogen-bond donors (Lipinski definition) is 1. The Morgan fingerprint density at radius 1 is 0.968 bits per heavy atom. The Balaban J connectivity index is 1.75. The van der Waals surface area contributed by atoms with Crippen LogP contribution >= 0.6 is 0 Å². The summed E-state index contributed by atoms with van der Waals surface area (Å²) in [6.07, 6.45) is 1.66. The minimum atomic E-state index is -3.84. The van der Waals surface area contributed by atoms with Crippen molar-refractivity contribution < 1.29 is 23.0 Å². The van der Waals surface area contributed by atoms with Gasteiger partial charge in [-0.3, -0.25) is 0 Å². The van der Waals surface area contributed by atoms with E-state index in [1.165, 1.54) is 30.3 Å².